The average molecular weight is 182 g/mol. The third-order valence-electron chi connectivity index (χ3n) is 1.80. The van der Waals surface area contributed by atoms with Crippen LogP contribution in [0.5, 0.6) is 0 Å². The van der Waals surface area contributed by atoms with Gasteiger partial charge in [-0.15, -0.1) is 0 Å². The van der Waals surface area contributed by atoms with Crippen molar-refractivity contribution in [3.8, 4) is 0 Å². The standard InChI is InChI=1S/C9H18N4/c1-3-10-5-6-11-8-9-4-7-13(2)12-9/h4,7,10-11H,3,5-6,8H2,1-2H3. The summed E-state index contributed by atoms with van der Waals surface area (Å²) in [7, 11) is 1.93. The molecule has 0 unspecified atom stereocenters. The second kappa shape index (κ2) is 5.72. The number of rotatable bonds is 6. The minimum absolute atomic E-state index is 0.853. The molecular formula is C9H18N4. The van der Waals surface area contributed by atoms with Crippen LogP contribution in [-0.2, 0) is 13.6 Å². The van der Waals surface area contributed by atoms with E-state index in [1.165, 1.54) is 0 Å². The molecule has 2 N–H and O–H groups in total. The van der Waals surface area contributed by atoms with Crippen molar-refractivity contribution in [1.82, 2.24) is 20.4 Å². The molecule has 1 aromatic heterocycles. The zero-order valence-electron chi connectivity index (χ0n) is 8.38. The predicted octanol–water partition coefficient (Wildman–Crippen LogP) is 0.119. The van der Waals surface area contributed by atoms with E-state index in [0.29, 0.717) is 0 Å². The van der Waals surface area contributed by atoms with Gasteiger partial charge in [-0.2, -0.15) is 5.10 Å². The highest BCUT2D eigenvalue weighted by atomic mass is 15.3. The molecular weight excluding hydrogens is 164 g/mol. The average Bonchev–Trinajstić information content (AvgIpc) is 2.51. The molecule has 0 aliphatic rings. The molecule has 0 aliphatic carbocycles. The minimum Gasteiger partial charge on any atom is -0.316 e. The molecule has 0 aliphatic heterocycles. The lowest BCUT2D eigenvalue weighted by Gasteiger charge is -2.02. The molecule has 0 aromatic carbocycles. The Morgan fingerprint density at radius 2 is 2.15 bits per heavy atom. The van der Waals surface area contributed by atoms with Crippen LogP contribution in [0, 0.1) is 0 Å². The van der Waals surface area contributed by atoms with Gasteiger partial charge >= 0.3 is 0 Å². The van der Waals surface area contributed by atoms with Crippen LogP contribution >= 0.6 is 0 Å². The fraction of sp³-hybridized carbons (Fsp3) is 0.667. The first-order chi connectivity index (χ1) is 6.33. The lowest BCUT2D eigenvalue weighted by molar-refractivity contribution is 0.611. The number of aromatic nitrogens is 2. The highest BCUT2D eigenvalue weighted by Crippen LogP contribution is 1.91. The number of hydrogen-bond donors (Lipinski definition) is 2. The lowest BCUT2D eigenvalue weighted by Crippen LogP contribution is -2.26. The van der Waals surface area contributed by atoms with Crippen molar-refractivity contribution in [3.63, 3.8) is 0 Å². The van der Waals surface area contributed by atoms with Gasteiger partial charge < -0.3 is 10.6 Å². The highest BCUT2D eigenvalue weighted by molar-refractivity contribution is 4.97. The highest BCUT2D eigenvalue weighted by Gasteiger charge is 1.94. The maximum Gasteiger partial charge on any atom is 0.0762 e. The Hall–Kier alpha value is -0.870. The van der Waals surface area contributed by atoms with Crippen LogP contribution in [0.25, 0.3) is 0 Å². The van der Waals surface area contributed by atoms with Gasteiger partial charge in [0.2, 0.25) is 0 Å². The van der Waals surface area contributed by atoms with Crippen molar-refractivity contribution >= 4 is 0 Å². The third-order valence-corrected chi connectivity index (χ3v) is 1.80. The fourth-order valence-corrected chi connectivity index (χ4v) is 1.13. The van der Waals surface area contributed by atoms with Crippen molar-refractivity contribution in [3.05, 3.63) is 18.0 Å². The normalized spacial score (nSPS) is 10.6. The maximum atomic E-state index is 4.26. The largest absolute Gasteiger partial charge is 0.316 e. The Balaban J connectivity index is 2.06. The first-order valence-corrected chi connectivity index (χ1v) is 4.73. The Kier molecular flexibility index (Phi) is 4.49. The summed E-state index contributed by atoms with van der Waals surface area (Å²) in [5.74, 6) is 0. The molecule has 4 nitrogen and oxygen atoms in total. The lowest BCUT2D eigenvalue weighted by atomic mass is 10.4. The van der Waals surface area contributed by atoms with E-state index >= 15 is 0 Å². The quantitative estimate of drug-likeness (QED) is 0.614. The van der Waals surface area contributed by atoms with Gasteiger partial charge in [0.25, 0.3) is 0 Å². The summed E-state index contributed by atoms with van der Waals surface area (Å²) in [5, 5.41) is 10.8. The fourth-order valence-electron chi connectivity index (χ4n) is 1.13. The number of nitrogens with zero attached hydrogens (tertiary/aromatic N) is 2. The summed E-state index contributed by atoms with van der Waals surface area (Å²) < 4.78 is 1.82. The molecule has 0 spiro atoms. The van der Waals surface area contributed by atoms with Gasteiger partial charge in [0.1, 0.15) is 0 Å². The number of likely N-dealkylation sites (N-methyl/N-ethyl adjacent to an activating group) is 1. The van der Waals surface area contributed by atoms with Crippen LogP contribution in [0.2, 0.25) is 0 Å². The van der Waals surface area contributed by atoms with E-state index in [9.17, 15) is 0 Å². The summed E-state index contributed by atoms with van der Waals surface area (Å²) in [5.41, 5.74) is 1.10. The Morgan fingerprint density at radius 3 is 2.77 bits per heavy atom. The molecule has 1 heterocycles. The summed E-state index contributed by atoms with van der Waals surface area (Å²) >= 11 is 0. The van der Waals surface area contributed by atoms with Crippen LogP contribution in [-0.4, -0.2) is 29.4 Å². The molecule has 13 heavy (non-hydrogen) atoms. The molecule has 1 rings (SSSR count). The van der Waals surface area contributed by atoms with E-state index in [1.807, 2.05) is 24.0 Å². The van der Waals surface area contributed by atoms with Gasteiger partial charge in [-0.25, -0.2) is 0 Å². The molecule has 0 amide bonds. The Labute approximate surface area is 79.3 Å². The smallest absolute Gasteiger partial charge is 0.0762 e. The second-order valence-electron chi connectivity index (χ2n) is 3.01. The van der Waals surface area contributed by atoms with Crippen molar-refractivity contribution in [2.75, 3.05) is 19.6 Å². The summed E-state index contributed by atoms with van der Waals surface area (Å²) in [6, 6.07) is 2.03. The Morgan fingerprint density at radius 1 is 1.38 bits per heavy atom. The first-order valence-electron chi connectivity index (χ1n) is 4.73. The second-order valence-corrected chi connectivity index (χ2v) is 3.01. The molecule has 4 heteroatoms. The third kappa shape index (κ3) is 4.05. The van der Waals surface area contributed by atoms with Gasteiger partial charge in [-0.3, -0.25) is 4.68 Å². The van der Waals surface area contributed by atoms with Crippen molar-refractivity contribution in [1.29, 1.82) is 0 Å². The van der Waals surface area contributed by atoms with Gasteiger partial charge in [0, 0.05) is 32.9 Å². The monoisotopic (exact) mass is 182 g/mol. The molecule has 0 radical (unpaired) electrons. The number of aryl methyl sites for hydroxylation is 1. The van der Waals surface area contributed by atoms with Crippen LogP contribution in [0.1, 0.15) is 12.6 Å². The molecule has 74 valence electrons. The van der Waals surface area contributed by atoms with Gasteiger partial charge in [0.05, 0.1) is 5.69 Å². The van der Waals surface area contributed by atoms with Gasteiger partial charge in [-0.05, 0) is 12.6 Å². The van der Waals surface area contributed by atoms with Gasteiger partial charge in [0.15, 0.2) is 0 Å². The molecule has 0 fully saturated rings. The molecule has 0 saturated carbocycles. The molecule has 0 saturated heterocycles. The zero-order valence-corrected chi connectivity index (χ0v) is 8.38. The van der Waals surface area contributed by atoms with Crippen LogP contribution < -0.4 is 10.6 Å². The first kappa shape index (κ1) is 10.2. The van der Waals surface area contributed by atoms with Crippen LogP contribution in [0.3, 0.4) is 0 Å². The summed E-state index contributed by atoms with van der Waals surface area (Å²) in [6.07, 6.45) is 1.96. The van der Waals surface area contributed by atoms with Crippen molar-refractivity contribution in [2.24, 2.45) is 7.05 Å². The summed E-state index contributed by atoms with van der Waals surface area (Å²) in [6.45, 7) is 6.00. The SMILES string of the molecule is CCNCCNCc1ccn(C)n1. The molecule has 1 aromatic rings. The Bertz CT molecular complexity index is 231. The zero-order chi connectivity index (χ0) is 9.52. The van der Waals surface area contributed by atoms with Gasteiger partial charge in [-0.1, -0.05) is 6.92 Å². The molecule has 0 atom stereocenters. The number of hydrogen-bond acceptors (Lipinski definition) is 3. The van der Waals surface area contributed by atoms with E-state index in [2.05, 4.69) is 22.7 Å². The van der Waals surface area contributed by atoms with E-state index < -0.39 is 0 Å². The van der Waals surface area contributed by atoms with Crippen LogP contribution in [0.15, 0.2) is 12.3 Å². The molecule has 0 bridgehead atoms. The van der Waals surface area contributed by atoms with Crippen molar-refractivity contribution in [2.45, 2.75) is 13.5 Å². The maximum absolute atomic E-state index is 4.26. The summed E-state index contributed by atoms with van der Waals surface area (Å²) in [4.78, 5) is 0. The number of nitrogens with one attached hydrogen (secondary N) is 2. The predicted molar refractivity (Wildman–Crippen MR) is 53.5 cm³/mol. The van der Waals surface area contributed by atoms with E-state index in [-0.39, 0.29) is 0 Å². The van der Waals surface area contributed by atoms with E-state index in [4.69, 9.17) is 0 Å². The van der Waals surface area contributed by atoms with E-state index in [1.54, 1.807) is 0 Å². The van der Waals surface area contributed by atoms with Crippen molar-refractivity contribution < 1.29 is 0 Å². The topological polar surface area (TPSA) is 41.9 Å². The van der Waals surface area contributed by atoms with E-state index in [0.717, 1.165) is 31.9 Å². The van der Waals surface area contributed by atoms with Crippen LogP contribution in [0.4, 0.5) is 0 Å². The minimum atomic E-state index is 0.853.